The zero-order valence-corrected chi connectivity index (χ0v) is 12.2. The van der Waals surface area contributed by atoms with Gasteiger partial charge in [0.25, 0.3) is 11.8 Å². The summed E-state index contributed by atoms with van der Waals surface area (Å²) in [6.07, 6.45) is 0.715. The number of β-amino-alcohol motifs (C(OH)–C–C–N with tert-alkyl or cyclic N) is 1. The monoisotopic (exact) mass is 344 g/mol. The van der Waals surface area contributed by atoms with Gasteiger partial charge in [-0.3, -0.25) is 9.59 Å². The van der Waals surface area contributed by atoms with Crippen LogP contribution < -0.4 is 5.73 Å². The van der Waals surface area contributed by atoms with Gasteiger partial charge in [-0.15, -0.1) is 0 Å². The Morgan fingerprint density at radius 2 is 2.15 bits per heavy atom. The first-order valence-electron chi connectivity index (χ1n) is 6.10. The van der Waals surface area contributed by atoms with E-state index in [0.29, 0.717) is 13.0 Å². The largest absolute Gasteiger partial charge is 0.378 e. The molecule has 2 rings (SSSR count). The van der Waals surface area contributed by atoms with E-state index < -0.39 is 17.3 Å². The number of carbonyl (C=O) groups is 2. The summed E-state index contributed by atoms with van der Waals surface area (Å²) in [4.78, 5) is 24.9. The second-order valence-electron chi connectivity index (χ2n) is 4.85. The number of aliphatic hydroxyl groups is 1. The van der Waals surface area contributed by atoms with Gasteiger partial charge in [0.15, 0.2) is 5.60 Å². The minimum atomic E-state index is -1.69. The Morgan fingerprint density at radius 3 is 2.75 bits per heavy atom. The van der Waals surface area contributed by atoms with Gasteiger partial charge in [0.1, 0.15) is 5.82 Å². The number of primary amides is 1. The quantitative estimate of drug-likeness (QED) is 0.840. The first kappa shape index (κ1) is 14.9. The summed E-state index contributed by atoms with van der Waals surface area (Å²) in [5.74, 6) is -1.67. The highest BCUT2D eigenvalue weighted by atomic mass is 79.9. The van der Waals surface area contributed by atoms with Crippen LogP contribution in [0, 0.1) is 5.82 Å². The van der Waals surface area contributed by atoms with E-state index in [4.69, 9.17) is 5.73 Å². The fourth-order valence-corrected chi connectivity index (χ4v) is 2.60. The summed E-state index contributed by atoms with van der Waals surface area (Å²) in [5.41, 5.74) is 3.76. The maximum atomic E-state index is 13.2. The zero-order valence-electron chi connectivity index (χ0n) is 10.6. The van der Waals surface area contributed by atoms with Gasteiger partial charge in [-0.1, -0.05) is 0 Å². The number of carbonyl (C=O) groups excluding carboxylic acids is 2. The number of piperidine rings is 1. The van der Waals surface area contributed by atoms with Crippen molar-refractivity contribution in [2.75, 3.05) is 13.1 Å². The van der Waals surface area contributed by atoms with Crippen molar-refractivity contribution in [2.45, 2.75) is 18.4 Å². The highest BCUT2D eigenvalue weighted by Gasteiger charge is 2.40. The van der Waals surface area contributed by atoms with Crippen molar-refractivity contribution in [3.8, 4) is 0 Å². The molecule has 20 heavy (non-hydrogen) atoms. The fraction of sp³-hybridized carbons (Fsp3) is 0.385. The predicted octanol–water partition coefficient (Wildman–Crippen LogP) is 1.04. The van der Waals surface area contributed by atoms with Crippen molar-refractivity contribution in [2.24, 2.45) is 5.73 Å². The molecule has 1 fully saturated rings. The minimum absolute atomic E-state index is 0.143. The molecule has 0 aliphatic carbocycles. The third-order valence-electron chi connectivity index (χ3n) is 3.38. The van der Waals surface area contributed by atoms with Gasteiger partial charge in [-0.25, -0.2) is 4.39 Å². The van der Waals surface area contributed by atoms with Gasteiger partial charge in [0, 0.05) is 12.1 Å². The van der Waals surface area contributed by atoms with Crippen molar-refractivity contribution >= 4 is 27.7 Å². The summed E-state index contributed by atoms with van der Waals surface area (Å²) in [6.45, 7) is 0.277. The average molecular weight is 345 g/mol. The topological polar surface area (TPSA) is 83.6 Å². The molecule has 7 heteroatoms. The van der Waals surface area contributed by atoms with E-state index in [1.165, 1.54) is 23.1 Å². The molecular formula is C13H14BrFN2O3. The van der Waals surface area contributed by atoms with E-state index >= 15 is 0 Å². The number of rotatable bonds is 2. The van der Waals surface area contributed by atoms with Crippen molar-refractivity contribution in [3.63, 3.8) is 0 Å². The van der Waals surface area contributed by atoms with Crippen molar-refractivity contribution < 1.29 is 19.1 Å². The number of hydrogen-bond donors (Lipinski definition) is 2. The van der Waals surface area contributed by atoms with E-state index in [9.17, 15) is 19.1 Å². The van der Waals surface area contributed by atoms with Crippen LogP contribution in [0.15, 0.2) is 22.7 Å². The van der Waals surface area contributed by atoms with E-state index in [1.807, 2.05) is 0 Å². The third-order valence-corrected chi connectivity index (χ3v) is 3.99. The smallest absolute Gasteiger partial charge is 0.254 e. The molecule has 108 valence electrons. The molecule has 2 amide bonds. The Morgan fingerprint density at radius 1 is 1.45 bits per heavy atom. The Labute approximate surface area is 123 Å². The van der Waals surface area contributed by atoms with Gasteiger partial charge in [0.05, 0.1) is 11.0 Å². The van der Waals surface area contributed by atoms with Gasteiger partial charge in [-0.05, 0) is 47.0 Å². The lowest BCUT2D eigenvalue weighted by molar-refractivity contribution is -0.140. The van der Waals surface area contributed by atoms with Gasteiger partial charge in [-0.2, -0.15) is 0 Å². The van der Waals surface area contributed by atoms with Crippen molar-refractivity contribution in [1.29, 1.82) is 0 Å². The predicted molar refractivity (Wildman–Crippen MR) is 73.4 cm³/mol. The summed E-state index contributed by atoms with van der Waals surface area (Å²) in [5, 5.41) is 10.1. The molecule has 1 heterocycles. The van der Waals surface area contributed by atoms with Crippen molar-refractivity contribution in [1.82, 2.24) is 4.90 Å². The van der Waals surface area contributed by atoms with Crippen LogP contribution >= 0.6 is 15.9 Å². The van der Waals surface area contributed by atoms with Crippen LogP contribution in [0.2, 0.25) is 0 Å². The van der Waals surface area contributed by atoms with E-state index in [1.54, 1.807) is 0 Å². The van der Waals surface area contributed by atoms with Crippen molar-refractivity contribution in [3.05, 3.63) is 34.1 Å². The van der Waals surface area contributed by atoms with Crippen LogP contribution in [-0.4, -0.2) is 40.5 Å². The van der Waals surface area contributed by atoms with E-state index in [0.717, 1.165) is 0 Å². The summed E-state index contributed by atoms with van der Waals surface area (Å²) < 4.78 is 13.3. The minimum Gasteiger partial charge on any atom is -0.378 e. The molecule has 1 saturated heterocycles. The SMILES string of the molecule is NC(=O)[C@@]1(O)CCCN(C(=O)c2ccc(F)c(Br)c2)C1. The zero-order chi connectivity index (χ0) is 14.9. The highest BCUT2D eigenvalue weighted by molar-refractivity contribution is 9.10. The Hall–Kier alpha value is -1.47. The Kier molecular flexibility index (Phi) is 4.10. The molecular weight excluding hydrogens is 331 g/mol. The highest BCUT2D eigenvalue weighted by Crippen LogP contribution is 2.24. The molecule has 1 atom stereocenters. The molecule has 0 unspecified atom stereocenters. The van der Waals surface area contributed by atoms with Gasteiger partial charge < -0.3 is 15.7 Å². The number of nitrogens with two attached hydrogens (primary N) is 1. The number of hydrogen-bond acceptors (Lipinski definition) is 3. The normalized spacial score (nSPS) is 22.6. The van der Waals surface area contributed by atoms with Crippen LogP contribution in [0.25, 0.3) is 0 Å². The molecule has 5 nitrogen and oxygen atoms in total. The molecule has 1 aromatic rings. The van der Waals surface area contributed by atoms with Crippen LogP contribution in [0.5, 0.6) is 0 Å². The molecule has 0 saturated carbocycles. The van der Waals surface area contributed by atoms with Crippen LogP contribution in [0.1, 0.15) is 23.2 Å². The molecule has 0 spiro atoms. The maximum absolute atomic E-state index is 13.2. The van der Waals surface area contributed by atoms with Gasteiger partial charge in [0.2, 0.25) is 0 Å². The van der Waals surface area contributed by atoms with Crippen LogP contribution in [0.4, 0.5) is 4.39 Å². The maximum Gasteiger partial charge on any atom is 0.254 e. The average Bonchev–Trinajstić information content (AvgIpc) is 2.41. The Balaban J connectivity index is 2.20. The van der Waals surface area contributed by atoms with Crippen LogP contribution in [-0.2, 0) is 4.79 Å². The van der Waals surface area contributed by atoms with Crippen LogP contribution in [0.3, 0.4) is 0 Å². The molecule has 0 aromatic heterocycles. The summed E-state index contributed by atoms with van der Waals surface area (Å²) in [7, 11) is 0. The molecule has 1 aliphatic rings. The van der Waals surface area contributed by atoms with Gasteiger partial charge >= 0.3 is 0 Å². The number of halogens is 2. The fourth-order valence-electron chi connectivity index (χ4n) is 2.22. The first-order valence-corrected chi connectivity index (χ1v) is 6.89. The lowest BCUT2D eigenvalue weighted by atomic mass is 9.92. The number of benzene rings is 1. The Bertz CT molecular complexity index is 567. The molecule has 0 radical (unpaired) electrons. The second kappa shape index (κ2) is 5.49. The second-order valence-corrected chi connectivity index (χ2v) is 5.71. The summed E-state index contributed by atoms with van der Waals surface area (Å²) >= 11 is 3.01. The number of likely N-dealkylation sites (tertiary alicyclic amines) is 1. The lowest BCUT2D eigenvalue weighted by Gasteiger charge is -2.37. The van der Waals surface area contributed by atoms with E-state index in [2.05, 4.69) is 15.9 Å². The first-order chi connectivity index (χ1) is 9.33. The molecule has 1 aliphatic heterocycles. The number of nitrogens with zero attached hydrogens (tertiary/aromatic N) is 1. The molecule has 1 aromatic carbocycles. The molecule has 3 N–H and O–H groups in total. The standard InChI is InChI=1S/C13H14BrFN2O3/c14-9-6-8(2-3-10(9)15)11(18)17-5-1-4-13(20,7-17)12(16)19/h2-3,6,20H,1,4-5,7H2,(H2,16,19)/t13-/m1/s1. The summed E-state index contributed by atoms with van der Waals surface area (Å²) in [6, 6.07) is 3.91. The third kappa shape index (κ3) is 2.83. The lowest BCUT2D eigenvalue weighted by Crippen LogP contribution is -2.57. The number of amides is 2. The molecule has 0 bridgehead atoms. The van der Waals surface area contributed by atoms with E-state index in [-0.39, 0.29) is 28.9 Å².